The van der Waals surface area contributed by atoms with Crippen molar-refractivity contribution in [1.82, 2.24) is 10.2 Å². The van der Waals surface area contributed by atoms with Gasteiger partial charge in [-0.1, -0.05) is 13.8 Å². The minimum atomic E-state index is -0.215. The summed E-state index contributed by atoms with van der Waals surface area (Å²) in [5.41, 5.74) is 5.44. The van der Waals surface area contributed by atoms with Gasteiger partial charge in [0, 0.05) is 12.6 Å². The molecule has 0 aromatic heterocycles. The third kappa shape index (κ3) is 4.25. The van der Waals surface area contributed by atoms with E-state index in [1.54, 1.807) is 0 Å². The van der Waals surface area contributed by atoms with Crippen molar-refractivity contribution in [1.29, 1.82) is 0 Å². The zero-order valence-electron chi connectivity index (χ0n) is 12.2. The number of nitrogens with zero attached hydrogens (tertiary/aromatic N) is 1. The lowest BCUT2D eigenvalue weighted by Gasteiger charge is -2.21. The van der Waals surface area contributed by atoms with Crippen LogP contribution in [0.4, 0.5) is 0 Å². The van der Waals surface area contributed by atoms with E-state index in [0.29, 0.717) is 6.54 Å². The topological polar surface area (TPSA) is 58.4 Å². The van der Waals surface area contributed by atoms with Crippen LogP contribution >= 0.6 is 0 Å². The molecule has 1 amide bonds. The van der Waals surface area contributed by atoms with Gasteiger partial charge >= 0.3 is 0 Å². The molecule has 3 N–H and O–H groups in total. The minimum Gasteiger partial charge on any atom is -0.353 e. The van der Waals surface area contributed by atoms with Crippen molar-refractivity contribution in [3.63, 3.8) is 0 Å². The van der Waals surface area contributed by atoms with Crippen LogP contribution in [0.1, 0.15) is 46.5 Å². The van der Waals surface area contributed by atoms with Gasteiger partial charge in [-0.15, -0.1) is 0 Å². The summed E-state index contributed by atoms with van der Waals surface area (Å²) in [7, 11) is 0. The Labute approximate surface area is 111 Å². The summed E-state index contributed by atoms with van der Waals surface area (Å²) >= 11 is 0. The Bertz CT molecular complexity index is 260. The van der Waals surface area contributed by atoms with Gasteiger partial charge in [0.05, 0.1) is 5.41 Å². The lowest BCUT2D eigenvalue weighted by Crippen LogP contribution is -2.41. The molecule has 106 valence electrons. The predicted molar refractivity (Wildman–Crippen MR) is 75.3 cm³/mol. The smallest absolute Gasteiger partial charge is 0.227 e. The van der Waals surface area contributed by atoms with Crippen LogP contribution in [0.25, 0.3) is 0 Å². The Morgan fingerprint density at radius 1 is 1.39 bits per heavy atom. The van der Waals surface area contributed by atoms with Gasteiger partial charge in [-0.2, -0.15) is 0 Å². The quantitative estimate of drug-likeness (QED) is 0.654. The molecule has 0 saturated heterocycles. The Kier molecular flexibility index (Phi) is 6.09. The molecular formula is C14H29N3O. The maximum atomic E-state index is 12.0. The van der Waals surface area contributed by atoms with E-state index in [2.05, 4.69) is 31.0 Å². The molecule has 1 fully saturated rings. The van der Waals surface area contributed by atoms with E-state index in [1.165, 1.54) is 0 Å². The Hall–Kier alpha value is -0.610. The molecule has 0 aromatic carbocycles. The molecular weight excluding hydrogens is 226 g/mol. The van der Waals surface area contributed by atoms with Crippen LogP contribution < -0.4 is 11.1 Å². The number of amides is 1. The van der Waals surface area contributed by atoms with Crippen molar-refractivity contribution in [2.75, 3.05) is 26.2 Å². The first-order valence-electron chi connectivity index (χ1n) is 7.31. The summed E-state index contributed by atoms with van der Waals surface area (Å²) in [6.07, 6.45) is 4.10. The molecule has 1 saturated carbocycles. The second-order valence-corrected chi connectivity index (χ2v) is 5.53. The number of carbonyl (C=O) groups excluding carboxylic acids is 1. The van der Waals surface area contributed by atoms with Gasteiger partial charge < -0.3 is 16.0 Å². The molecule has 0 aromatic rings. The van der Waals surface area contributed by atoms with Crippen molar-refractivity contribution < 1.29 is 4.79 Å². The highest BCUT2D eigenvalue weighted by Crippen LogP contribution is 2.44. The number of nitrogens with one attached hydrogen (secondary N) is 1. The normalized spacial score (nSPS) is 18.7. The van der Waals surface area contributed by atoms with E-state index in [-0.39, 0.29) is 17.4 Å². The number of hydrogen-bond donors (Lipinski definition) is 2. The standard InChI is InChI=1S/C14H29N3O/c1-4-17(5-2)10-6-7-12(3)16-13(18)14(11-15)8-9-14/h12H,4-11,15H2,1-3H3,(H,16,18). The monoisotopic (exact) mass is 255 g/mol. The van der Waals surface area contributed by atoms with Gasteiger partial charge in [0.15, 0.2) is 0 Å². The number of carbonyl (C=O) groups is 1. The van der Waals surface area contributed by atoms with Crippen molar-refractivity contribution in [3.05, 3.63) is 0 Å². The molecule has 1 aliphatic rings. The Morgan fingerprint density at radius 3 is 2.44 bits per heavy atom. The number of rotatable bonds is 9. The van der Waals surface area contributed by atoms with E-state index in [4.69, 9.17) is 5.73 Å². The van der Waals surface area contributed by atoms with Gasteiger partial charge in [-0.05, 0) is 52.2 Å². The molecule has 4 heteroatoms. The van der Waals surface area contributed by atoms with Gasteiger partial charge in [0.25, 0.3) is 0 Å². The van der Waals surface area contributed by atoms with E-state index in [1.807, 2.05) is 0 Å². The van der Waals surface area contributed by atoms with Gasteiger partial charge in [0.1, 0.15) is 0 Å². The summed E-state index contributed by atoms with van der Waals surface area (Å²) in [6.45, 7) is 10.3. The van der Waals surface area contributed by atoms with Crippen LogP contribution in [-0.4, -0.2) is 43.0 Å². The highest BCUT2D eigenvalue weighted by atomic mass is 16.2. The van der Waals surface area contributed by atoms with Gasteiger partial charge in [-0.25, -0.2) is 0 Å². The van der Waals surface area contributed by atoms with E-state index < -0.39 is 0 Å². The highest BCUT2D eigenvalue weighted by Gasteiger charge is 2.48. The average molecular weight is 255 g/mol. The van der Waals surface area contributed by atoms with Crippen LogP contribution in [0.2, 0.25) is 0 Å². The first kappa shape index (κ1) is 15.4. The molecule has 4 nitrogen and oxygen atoms in total. The molecule has 18 heavy (non-hydrogen) atoms. The summed E-state index contributed by atoms with van der Waals surface area (Å²) < 4.78 is 0. The second kappa shape index (κ2) is 7.10. The lowest BCUT2D eigenvalue weighted by atomic mass is 10.1. The number of nitrogens with two attached hydrogens (primary N) is 1. The van der Waals surface area contributed by atoms with Crippen molar-refractivity contribution in [3.8, 4) is 0 Å². The maximum Gasteiger partial charge on any atom is 0.227 e. The largest absolute Gasteiger partial charge is 0.353 e. The fourth-order valence-corrected chi connectivity index (χ4v) is 2.28. The Morgan fingerprint density at radius 2 is 2.00 bits per heavy atom. The SMILES string of the molecule is CCN(CC)CCCC(C)NC(=O)C1(CN)CC1. The Balaban J connectivity index is 2.17. The maximum absolute atomic E-state index is 12.0. The summed E-state index contributed by atoms with van der Waals surface area (Å²) in [5.74, 6) is 0.167. The molecule has 1 rings (SSSR count). The highest BCUT2D eigenvalue weighted by molar-refractivity contribution is 5.85. The van der Waals surface area contributed by atoms with Crippen LogP contribution in [0, 0.1) is 5.41 Å². The third-order valence-corrected chi connectivity index (χ3v) is 4.11. The second-order valence-electron chi connectivity index (χ2n) is 5.53. The van der Waals surface area contributed by atoms with Gasteiger partial charge in [-0.3, -0.25) is 4.79 Å². The molecule has 0 bridgehead atoms. The van der Waals surface area contributed by atoms with Crippen LogP contribution in [0.3, 0.4) is 0 Å². The molecule has 0 aliphatic heterocycles. The van der Waals surface area contributed by atoms with E-state index in [9.17, 15) is 4.79 Å². The predicted octanol–water partition coefficient (Wildman–Crippen LogP) is 1.35. The summed E-state index contributed by atoms with van der Waals surface area (Å²) in [6, 6.07) is 0.261. The molecule has 0 spiro atoms. The number of hydrogen-bond acceptors (Lipinski definition) is 3. The van der Waals surface area contributed by atoms with Crippen LogP contribution in [0.15, 0.2) is 0 Å². The zero-order chi connectivity index (χ0) is 13.6. The molecule has 1 unspecified atom stereocenters. The minimum absolute atomic E-state index is 0.167. The molecule has 0 heterocycles. The lowest BCUT2D eigenvalue weighted by molar-refractivity contribution is -0.126. The van der Waals surface area contributed by atoms with Crippen molar-refractivity contribution >= 4 is 5.91 Å². The first-order valence-corrected chi connectivity index (χ1v) is 7.31. The fourth-order valence-electron chi connectivity index (χ4n) is 2.28. The average Bonchev–Trinajstić information content (AvgIpc) is 3.15. The fraction of sp³-hybridized carbons (Fsp3) is 0.929. The van der Waals surface area contributed by atoms with Crippen LogP contribution in [-0.2, 0) is 4.79 Å². The van der Waals surface area contributed by atoms with Gasteiger partial charge in [0.2, 0.25) is 5.91 Å². The molecule has 1 atom stereocenters. The van der Waals surface area contributed by atoms with Crippen molar-refractivity contribution in [2.45, 2.75) is 52.5 Å². The summed E-state index contributed by atoms with van der Waals surface area (Å²) in [5, 5.41) is 3.11. The summed E-state index contributed by atoms with van der Waals surface area (Å²) in [4.78, 5) is 14.4. The zero-order valence-corrected chi connectivity index (χ0v) is 12.2. The third-order valence-electron chi connectivity index (χ3n) is 4.11. The first-order chi connectivity index (χ1) is 8.57. The molecule has 1 aliphatic carbocycles. The van der Waals surface area contributed by atoms with Crippen molar-refractivity contribution in [2.24, 2.45) is 11.1 Å². The van der Waals surface area contributed by atoms with Crippen LogP contribution in [0.5, 0.6) is 0 Å². The van der Waals surface area contributed by atoms with E-state index >= 15 is 0 Å². The van der Waals surface area contributed by atoms with E-state index in [0.717, 1.165) is 45.3 Å². The molecule has 0 radical (unpaired) electrons.